The van der Waals surface area contributed by atoms with Crippen LogP contribution in [0.1, 0.15) is 65.7 Å². The van der Waals surface area contributed by atoms with Crippen molar-refractivity contribution in [2.24, 2.45) is 0 Å². The highest BCUT2D eigenvalue weighted by molar-refractivity contribution is 4.66. The van der Waals surface area contributed by atoms with Crippen molar-refractivity contribution < 1.29 is 5.11 Å². The van der Waals surface area contributed by atoms with Gasteiger partial charge in [0.05, 0.1) is 0 Å². The molecule has 0 saturated heterocycles. The lowest BCUT2D eigenvalue weighted by molar-refractivity contribution is 0.0203. The van der Waals surface area contributed by atoms with Gasteiger partial charge in [-0.1, -0.05) is 46.0 Å². The molecule has 0 amide bonds. The third-order valence-corrected chi connectivity index (χ3v) is 2.72. The van der Waals surface area contributed by atoms with Gasteiger partial charge >= 0.3 is 0 Å². The zero-order valence-electron chi connectivity index (χ0n) is 10.1. The maximum Gasteiger partial charge on any atom is 0.112 e. The van der Waals surface area contributed by atoms with Gasteiger partial charge in [0, 0.05) is 0 Å². The maximum atomic E-state index is 9.65. The lowest BCUT2D eigenvalue weighted by atomic mass is 10.1. The number of hydrogen-bond donors (Lipinski definition) is 2. The summed E-state index contributed by atoms with van der Waals surface area (Å²) in [6.45, 7) is 7.01. The highest BCUT2D eigenvalue weighted by Gasteiger charge is 2.14. The molecule has 2 nitrogen and oxygen atoms in total. The number of hydrogen-bond acceptors (Lipinski definition) is 2. The molecule has 86 valence electrons. The molecule has 14 heavy (non-hydrogen) atoms. The summed E-state index contributed by atoms with van der Waals surface area (Å²) in [4.78, 5) is 0. The van der Waals surface area contributed by atoms with Gasteiger partial charge in [0.1, 0.15) is 5.72 Å². The van der Waals surface area contributed by atoms with Gasteiger partial charge in [0.2, 0.25) is 0 Å². The van der Waals surface area contributed by atoms with Crippen LogP contribution in [0.4, 0.5) is 0 Å². The molecule has 0 fully saturated rings. The third kappa shape index (κ3) is 8.52. The van der Waals surface area contributed by atoms with E-state index in [9.17, 15) is 5.11 Å². The number of rotatable bonds is 9. The van der Waals surface area contributed by atoms with E-state index in [1.54, 1.807) is 0 Å². The lowest BCUT2D eigenvalue weighted by Crippen LogP contribution is -2.41. The van der Waals surface area contributed by atoms with E-state index in [0.717, 1.165) is 13.0 Å². The second-order valence-electron chi connectivity index (χ2n) is 4.32. The summed E-state index contributed by atoms with van der Waals surface area (Å²) in [6, 6.07) is 0. The molecule has 2 N–H and O–H groups in total. The van der Waals surface area contributed by atoms with Gasteiger partial charge in [-0.2, -0.15) is 0 Å². The molecule has 0 aliphatic rings. The highest BCUT2D eigenvalue weighted by atomic mass is 16.3. The molecule has 1 unspecified atom stereocenters. The SMILES string of the molecule is CCCCCCCCNC(C)(O)CC. The van der Waals surface area contributed by atoms with Crippen molar-refractivity contribution in [3.8, 4) is 0 Å². The summed E-state index contributed by atoms with van der Waals surface area (Å²) in [7, 11) is 0. The van der Waals surface area contributed by atoms with Crippen LogP contribution in [0.5, 0.6) is 0 Å². The molecule has 0 aromatic heterocycles. The van der Waals surface area contributed by atoms with Gasteiger partial charge in [0.15, 0.2) is 0 Å². The molecule has 0 heterocycles. The smallest absolute Gasteiger partial charge is 0.112 e. The van der Waals surface area contributed by atoms with Crippen molar-refractivity contribution in [1.82, 2.24) is 5.32 Å². The Labute approximate surface area is 89.1 Å². The monoisotopic (exact) mass is 201 g/mol. The third-order valence-electron chi connectivity index (χ3n) is 2.72. The Kier molecular flexibility index (Phi) is 8.20. The Morgan fingerprint density at radius 2 is 1.57 bits per heavy atom. The lowest BCUT2D eigenvalue weighted by Gasteiger charge is -2.22. The minimum Gasteiger partial charge on any atom is -0.376 e. The Bertz CT molecular complexity index is 123. The first-order valence-corrected chi connectivity index (χ1v) is 6.09. The van der Waals surface area contributed by atoms with Crippen LogP contribution in [-0.2, 0) is 0 Å². The standard InChI is InChI=1S/C12H27NO/c1-4-6-7-8-9-10-11-13-12(3,14)5-2/h13-14H,4-11H2,1-3H3. The highest BCUT2D eigenvalue weighted by Crippen LogP contribution is 2.06. The van der Waals surface area contributed by atoms with Crippen LogP contribution >= 0.6 is 0 Å². The average molecular weight is 201 g/mol. The van der Waals surface area contributed by atoms with Crippen molar-refractivity contribution in [3.05, 3.63) is 0 Å². The zero-order chi connectivity index (χ0) is 10.9. The largest absolute Gasteiger partial charge is 0.376 e. The normalized spacial score (nSPS) is 15.4. The molecule has 0 saturated carbocycles. The van der Waals surface area contributed by atoms with Gasteiger partial charge in [-0.3, -0.25) is 5.32 Å². The van der Waals surface area contributed by atoms with E-state index in [0.29, 0.717) is 0 Å². The van der Waals surface area contributed by atoms with Crippen molar-refractivity contribution in [3.63, 3.8) is 0 Å². The van der Waals surface area contributed by atoms with Crippen molar-refractivity contribution >= 4 is 0 Å². The predicted molar refractivity (Wildman–Crippen MR) is 62.3 cm³/mol. The second-order valence-corrected chi connectivity index (χ2v) is 4.32. The molecule has 0 aromatic carbocycles. The summed E-state index contributed by atoms with van der Waals surface area (Å²) >= 11 is 0. The first-order chi connectivity index (χ1) is 6.62. The number of aliphatic hydroxyl groups is 1. The van der Waals surface area contributed by atoms with Gasteiger partial charge in [0.25, 0.3) is 0 Å². The first-order valence-electron chi connectivity index (χ1n) is 6.09. The van der Waals surface area contributed by atoms with Crippen LogP contribution in [0.15, 0.2) is 0 Å². The summed E-state index contributed by atoms with van der Waals surface area (Å²) in [5.74, 6) is 0. The minimum atomic E-state index is -0.663. The first kappa shape index (κ1) is 13.9. The Balaban J connectivity index is 3.13. The molecule has 0 rings (SSSR count). The summed E-state index contributed by atoms with van der Waals surface area (Å²) in [5.41, 5.74) is -0.663. The Hall–Kier alpha value is -0.0800. The van der Waals surface area contributed by atoms with Gasteiger partial charge in [-0.05, 0) is 26.3 Å². The molecule has 0 aromatic rings. The predicted octanol–water partition coefficient (Wildman–Crippen LogP) is 3.06. The molecule has 0 aliphatic heterocycles. The van der Waals surface area contributed by atoms with Crippen LogP contribution in [0.2, 0.25) is 0 Å². The van der Waals surface area contributed by atoms with E-state index in [1.165, 1.54) is 38.5 Å². The van der Waals surface area contributed by atoms with E-state index >= 15 is 0 Å². The van der Waals surface area contributed by atoms with Gasteiger partial charge in [-0.25, -0.2) is 0 Å². The van der Waals surface area contributed by atoms with Crippen molar-refractivity contribution in [1.29, 1.82) is 0 Å². The fraction of sp³-hybridized carbons (Fsp3) is 1.00. The number of nitrogens with one attached hydrogen (secondary N) is 1. The van der Waals surface area contributed by atoms with Crippen LogP contribution in [-0.4, -0.2) is 17.4 Å². The summed E-state index contributed by atoms with van der Waals surface area (Å²) < 4.78 is 0. The van der Waals surface area contributed by atoms with E-state index in [2.05, 4.69) is 12.2 Å². The van der Waals surface area contributed by atoms with E-state index in [4.69, 9.17) is 0 Å². The average Bonchev–Trinajstić information content (AvgIpc) is 2.16. The topological polar surface area (TPSA) is 32.3 Å². The fourth-order valence-corrected chi connectivity index (χ4v) is 1.39. The molecular weight excluding hydrogens is 174 g/mol. The van der Waals surface area contributed by atoms with E-state index < -0.39 is 5.72 Å². The zero-order valence-corrected chi connectivity index (χ0v) is 10.1. The molecule has 0 radical (unpaired) electrons. The minimum absolute atomic E-state index is 0.663. The van der Waals surface area contributed by atoms with Crippen molar-refractivity contribution in [2.75, 3.05) is 6.54 Å². The van der Waals surface area contributed by atoms with E-state index in [-0.39, 0.29) is 0 Å². The molecular formula is C12H27NO. The second kappa shape index (κ2) is 8.25. The molecule has 0 bridgehead atoms. The number of unbranched alkanes of at least 4 members (excludes halogenated alkanes) is 5. The van der Waals surface area contributed by atoms with E-state index in [1.807, 2.05) is 13.8 Å². The Morgan fingerprint density at radius 1 is 1.00 bits per heavy atom. The summed E-state index contributed by atoms with van der Waals surface area (Å²) in [5, 5.41) is 12.8. The van der Waals surface area contributed by atoms with Gasteiger partial charge < -0.3 is 5.11 Å². The molecule has 0 aliphatic carbocycles. The van der Waals surface area contributed by atoms with Gasteiger partial charge in [-0.15, -0.1) is 0 Å². The fourth-order valence-electron chi connectivity index (χ4n) is 1.39. The van der Waals surface area contributed by atoms with Crippen LogP contribution < -0.4 is 5.32 Å². The van der Waals surface area contributed by atoms with Crippen LogP contribution in [0, 0.1) is 0 Å². The van der Waals surface area contributed by atoms with Crippen molar-refractivity contribution in [2.45, 2.75) is 71.4 Å². The maximum absolute atomic E-state index is 9.65. The van der Waals surface area contributed by atoms with Crippen LogP contribution in [0.25, 0.3) is 0 Å². The Morgan fingerprint density at radius 3 is 2.14 bits per heavy atom. The van der Waals surface area contributed by atoms with Crippen LogP contribution in [0.3, 0.4) is 0 Å². The summed E-state index contributed by atoms with van der Waals surface area (Å²) in [6.07, 6.45) is 8.60. The molecule has 2 heteroatoms. The quantitative estimate of drug-likeness (QED) is 0.444. The molecule has 1 atom stereocenters. The molecule has 0 spiro atoms.